The summed E-state index contributed by atoms with van der Waals surface area (Å²) in [5, 5.41) is 0. The predicted octanol–water partition coefficient (Wildman–Crippen LogP) is 5.50. The van der Waals surface area contributed by atoms with Gasteiger partial charge in [-0.15, -0.1) is 0 Å². The highest BCUT2D eigenvalue weighted by molar-refractivity contribution is 5.62. The lowest BCUT2D eigenvalue weighted by Crippen LogP contribution is -2.34. The molecule has 0 atom stereocenters. The monoisotopic (exact) mass is 294 g/mol. The Morgan fingerprint density at radius 3 is 2.55 bits per heavy atom. The van der Waals surface area contributed by atoms with Gasteiger partial charge in [-0.25, -0.2) is 0 Å². The van der Waals surface area contributed by atoms with Crippen molar-refractivity contribution >= 4 is 5.70 Å². The van der Waals surface area contributed by atoms with Gasteiger partial charge in [0.25, 0.3) is 0 Å². The predicted molar refractivity (Wildman–Crippen MR) is 95.5 cm³/mol. The van der Waals surface area contributed by atoms with Crippen molar-refractivity contribution in [2.24, 2.45) is 5.92 Å². The van der Waals surface area contributed by atoms with Crippen LogP contribution in [0.3, 0.4) is 0 Å². The molecule has 1 nitrogen and oxygen atoms in total. The number of nitrogens with zero attached hydrogens (tertiary/aromatic N) is 1. The van der Waals surface area contributed by atoms with Crippen LogP contribution >= 0.6 is 0 Å². The van der Waals surface area contributed by atoms with E-state index in [0.717, 1.165) is 18.5 Å². The third kappa shape index (κ3) is 4.07. The Morgan fingerprint density at radius 2 is 1.82 bits per heavy atom. The number of pyridine rings is 1. The van der Waals surface area contributed by atoms with Gasteiger partial charge in [0.05, 0.1) is 0 Å². The average molecular weight is 294 g/mol. The lowest BCUT2D eigenvalue weighted by Gasteiger charge is -2.11. The van der Waals surface area contributed by atoms with Gasteiger partial charge in [0.15, 0.2) is 11.9 Å². The number of hydrogen-bond acceptors (Lipinski definition) is 0. The minimum Gasteiger partial charge on any atom is -0.164 e. The molecule has 0 N–H and O–H groups in total. The fraction of sp³-hybridized carbons (Fsp3) is 0.381. The van der Waals surface area contributed by atoms with Crippen LogP contribution in [-0.2, 0) is 6.42 Å². The van der Waals surface area contributed by atoms with E-state index in [1.165, 1.54) is 29.7 Å². The van der Waals surface area contributed by atoms with E-state index < -0.39 is 0 Å². The lowest BCUT2D eigenvalue weighted by molar-refractivity contribution is -0.571. The zero-order chi connectivity index (χ0) is 15.9. The van der Waals surface area contributed by atoms with Crippen molar-refractivity contribution in [1.29, 1.82) is 0 Å². The highest BCUT2D eigenvalue weighted by atomic mass is 15.0. The summed E-state index contributed by atoms with van der Waals surface area (Å²) in [4.78, 5) is 0. The Kier molecular flexibility index (Phi) is 5.94. The molecule has 0 unspecified atom stereocenters. The van der Waals surface area contributed by atoms with E-state index in [2.05, 4.69) is 80.6 Å². The Balaban J connectivity index is 2.43. The highest BCUT2D eigenvalue weighted by Gasteiger charge is 2.18. The summed E-state index contributed by atoms with van der Waals surface area (Å²) in [6, 6.07) is 15.2. The molecule has 0 bridgehead atoms. The van der Waals surface area contributed by atoms with Gasteiger partial charge in [-0.1, -0.05) is 45.4 Å². The summed E-state index contributed by atoms with van der Waals surface area (Å²) in [6.07, 6.45) is 6.74. The molecule has 0 amide bonds. The number of aryl methyl sites for hydroxylation is 1. The van der Waals surface area contributed by atoms with Gasteiger partial charge in [-0.2, -0.15) is 4.57 Å². The molecule has 1 aromatic carbocycles. The van der Waals surface area contributed by atoms with Crippen LogP contribution in [0.4, 0.5) is 0 Å². The van der Waals surface area contributed by atoms with Crippen LogP contribution in [0.5, 0.6) is 0 Å². The molecule has 22 heavy (non-hydrogen) atoms. The minimum absolute atomic E-state index is 0.614. The number of benzene rings is 1. The summed E-state index contributed by atoms with van der Waals surface area (Å²) < 4.78 is 2.25. The standard InChI is InChI=1S/C21H28N/c1-5-6-11-19-12-7-8-13-20(19)21-14-9-10-15-22(21)18(4)16-17(2)3/h7-10,12-15,17H,4-6,11,16H2,1-3H3/q+1. The number of rotatable bonds is 7. The fourth-order valence-electron chi connectivity index (χ4n) is 2.86. The largest absolute Gasteiger partial charge is 0.218 e. The first-order chi connectivity index (χ1) is 10.6. The molecule has 0 saturated heterocycles. The van der Waals surface area contributed by atoms with Crippen LogP contribution in [-0.4, -0.2) is 0 Å². The molecular weight excluding hydrogens is 266 g/mol. The molecule has 116 valence electrons. The fourth-order valence-corrected chi connectivity index (χ4v) is 2.86. The summed E-state index contributed by atoms with van der Waals surface area (Å²) in [5.74, 6) is 0.614. The third-order valence-electron chi connectivity index (χ3n) is 3.94. The quantitative estimate of drug-likeness (QED) is 0.594. The molecule has 0 saturated carbocycles. The van der Waals surface area contributed by atoms with Crippen LogP contribution in [0.2, 0.25) is 0 Å². The van der Waals surface area contributed by atoms with Gasteiger partial charge in [0.2, 0.25) is 5.69 Å². The van der Waals surface area contributed by atoms with Gasteiger partial charge in [0.1, 0.15) is 0 Å². The molecular formula is C21H28N+. The van der Waals surface area contributed by atoms with Crippen molar-refractivity contribution in [1.82, 2.24) is 0 Å². The molecule has 1 heterocycles. The summed E-state index contributed by atoms with van der Waals surface area (Å²) in [5.41, 5.74) is 5.18. The molecule has 0 aliphatic heterocycles. The average Bonchev–Trinajstić information content (AvgIpc) is 2.52. The smallest absolute Gasteiger partial charge is 0.164 e. The van der Waals surface area contributed by atoms with Crippen LogP contribution in [0, 0.1) is 5.92 Å². The Hall–Kier alpha value is -1.89. The second kappa shape index (κ2) is 7.93. The third-order valence-corrected chi connectivity index (χ3v) is 3.94. The Bertz CT molecular complexity index is 625. The Morgan fingerprint density at radius 1 is 1.09 bits per heavy atom. The van der Waals surface area contributed by atoms with Crippen LogP contribution in [0.1, 0.15) is 45.6 Å². The van der Waals surface area contributed by atoms with E-state index in [9.17, 15) is 0 Å². The minimum atomic E-state index is 0.614. The second-order valence-corrected chi connectivity index (χ2v) is 6.38. The number of hydrogen-bond donors (Lipinski definition) is 0. The zero-order valence-corrected chi connectivity index (χ0v) is 14.2. The van der Waals surface area contributed by atoms with Gasteiger partial charge in [0, 0.05) is 24.1 Å². The first-order valence-corrected chi connectivity index (χ1v) is 8.40. The van der Waals surface area contributed by atoms with E-state index in [1.807, 2.05) is 0 Å². The molecule has 1 aromatic heterocycles. The zero-order valence-electron chi connectivity index (χ0n) is 14.2. The first-order valence-electron chi connectivity index (χ1n) is 8.40. The van der Waals surface area contributed by atoms with Crippen LogP contribution in [0.25, 0.3) is 17.0 Å². The lowest BCUT2D eigenvalue weighted by atomic mass is 9.98. The topological polar surface area (TPSA) is 3.88 Å². The van der Waals surface area contributed by atoms with Crippen molar-refractivity contribution in [2.75, 3.05) is 0 Å². The van der Waals surface area contributed by atoms with E-state index in [1.54, 1.807) is 0 Å². The summed E-state index contributed by atoms with van der Waals surface area (Å²) >= 11 is 0. The number of aromatic nitrogens is 1. The maximum Gasteiger partial charge on any atom is 0.218 e. The number of allylic oxidation sites excluding steroid dienone is 1. The van der Waals surface area contributed by atoms with E-state index >= 15 is 0 Å². The highest BCUT2D eigenvalue weighted by Crippen LogP contribution is 2.23. The van der Waals surface area contributed by atoms with E-state index in [4.69, 9.17) is 0 Å². The second-order valence-electron chi connectivity index (χ2n) is 6.38. The molecule has 2 rings (SSSR count). The van der Waals surface area contributed by atoms with Crippen molar-refractivity contribution in [3.05, 3.63) is 60.8 Å². The molecule has 0 aliphatic carbocycles. The Labute approximate surface area is 135 Å². The first kappa shape index (κ1) is 16.5. The van der Waals surface area contributed by atoms with Crippen molar-refractivity contribution in [2.45, 2.75) is 46.5 Å². The molecule has 0 aliphatic rings. The SMILES string of the molecule is C=C(CC(C)C)[n+]1ccccc1-c1ccccc1CCCC. The van der Waals surface area contributed by atoms with Crippen LogP contribution < -0.4 is 4.57 Å². The van der Waals surface area contributed by atoms with E-state index in [0.29, 0.717) is 5.92 Å². The van der Waals surface area contributed by atoms with Crippen LogP contribution in [0.15, 0.2) is 55.2 Å². The van der Waals surface area contributed by atoms with Crippen molar-refractivity contribution in [3.63, 3.8) is 0 Å². The summed E-state index contributed by atoms with van der Waals surface area (Å²) in [6.45, 7) is 11.0. The maximum atomic E-state index is 4.31. The van der Waals surface area contributed by atoms with E-state index in [-0.39, 0.29) is 0 Å². The molecule has 0 radical (unpaired) electrons. The van der Waals surface area contributed by atoms with Crippen molar-refractivity contribution < 1.29 is 4.57 Å². The van der Waals surface area contributed by atoms with Gasteiger partial charge < -0.3 is 0 Å². The molecule has 2 aromatic rings. The molecule has 0 spiro atoms. The van der Waals surface area contributed by atoms with Gasteiger partial charge >= 0.3 is 0 Å². The normalized spacial score (nSPS) is 10.9. The van der Waals surface area contributed by atoms with Crippen molar-refractivity contribution in [3.8, 4) is 11.3 Å². The number of unbranched alkanes of at least 4 members (excludes halogenated alkanes) is 1. The van der Waals surface area contributed by atoms with Gasteiger partial charge in [-0.05, 0) is 43.0 Å². The maximum absolute atomic E-state index is 4.31. The van der Waals surface area contributed by atoms with Gasteiger partial charge in [-0.3, -0.25) is 0 Å². The molecule has 1 heteroatoms. The molecule has 0 fully saturated rings. The summed E-state index contributed by atoms with van der Waals surface area (Å²) in [7, 11) is 0.